The van der Waals surface area contributed by atoms with Crippen molar-refractivity contribution in [3.05, 3.63) is 47.3 Å². The molecule has 7 heteroatoms. The zero-order valence-corrected chi connectivity index (χ0v) is 10.4. The normalized spacial score (nSPS) is 14.5. The first-order valence-electron chi connectivity index (χ1n) is 5.84. The highest BCUT2D eigenvalue weighted by Gasteiger charge is 2.35. The maximum atomic E-state index is 11.9. The fraction of sp³-hybridized carbons (Fsp3) is 0. The van der Waals surface area contributed by atoms with Gasteiger partial charge in [0.05, 0.1) is 11.1 Å². The number of hydrogen-bond donors (Lipinski definition) is 1. The lowest BCUT2D eigenvalue weighted by Gasteiger charge is -1.97. The fourth-order valence-electron chi connectivity index (χ4n) is 2.03. The van der Waals surface area contributed by atoms with Gasteiger partial charge in [-0.15, -0.1) is 0 Å². The Bertz CT molecular complexity index is 741. The molecule has 0 radical (unpaired) electrons. The van der Waals surface area contributed by atoms with Crippen LogP contribution in [0.25, 0.3) is 11.1 Å². The van der Waals surface area contributed by atoms with E-state index in [1.165, 1.54) is 24.3 Å². The molecule has 0 saturated carbocycles. The number of carbonyl (C=O) groups is 4. The maximum absolute atomic E-state index is 11.9. The van der Waals surface area contributed by atoms with Crippen LogP contribution in [-0.2, 0) is 9.59 Å². The van der Waals surface area contributed by atoms with E-state index >= 15 is 0 Å². The topological polar surface area (TPSA) is 107 Å². The van der Waals surface area contributed by atoms with Gasteiger partial charge in [0.1, 0.15) is 11.5 Å². The van der Waals surface area contributed by atoms with Gasteiger partial charge in [0.25, 0.3) is 11.8 Å². The molecule has 0 bridgehead atoms. The van der Waals surface area contributed by atoms with Gasteiger partial charge in [-0.1, -0.05) is 0 Å². The second kappa shape index (κ2) is 4.71. The summed E-state index contributed by atoms with van der Waals surface area (Å²) in [6.45, 7) is 0. The molecule has 2 aromatic heterocycles. The van der Waals surface area contributed by atoms with E-state index in [4.69, 9.17) is 8.83 Å². The van der Waals surface area contributed by atoms with Crippen LogP contribution in [0.1, 0.15) is 32.6 Å². The van der Waals surface area contributed by atoms with Crippen LogP contribution in [0.3, 0.4) is 0 Å². The molecule has 0 unspecified atom stereocenters. The Balaban J connectivity index is 2.19. The Kier molecular flexibility index (Phi) is 2.87. The number of furan rings is 2. The van der Waals surface area contributed by atoms with Gasteiger partial charge in [0, 0.05) is 0 Å². The summed E-state index contributed by atoms with van der Waals surface area (Å²) in [5.74, 6) is -1.13. The number of amides is 2. The Morgan fingerprint density at radius 2 is 1.19 bits per heavy atom. The van der Waals surface area contributed by atoms with Crippen molar-refractivity contribution in [1.82, 2.24) is 5.32 Å². The molecule has 1 aliphatic rings. The summed E-state index contributed by atoms with van der Waals surface area (Å²) in [6, 6.07) is 5.56. The highest BCUT2D eigenvalue weighted by Crippen LogP contribution is 2.32. The molecule has 0 spiro atoms. The van der Waals surface area contributed by atoms with Gasteiger partial charge < -0.3 is 8.83 Å². The van der Waals surface area contributed by atoms with E-state index in [-0.39, 0.29) is 34.2 Å². The van der Waals surface area contributed by atoms with Crippen molar-refractivity contribution in [3.63, 3.8) is 0 Å². The minimum atomic E-state index is -0.661. The van der Waals surface area contributed by atoms with Gasteiger partial charge in [0.2, 0.25) is 0 Å². The molecule has 0 aliphatic carbocycles. The van der Waals surface area contributed by atoms with E-state index in [0.29, 0.717) is 12.6 Å². The van der Waals surface area contributed by atoms with E-state index in [2.05, 4.69) is 5.32 Å². The van der Waals surface area contributed by atoms with Crippen molar-refractivity contribution >= 4 is 35.5 Å². The number of carbonyl (C=O) groups excluding carboxylic acids is 4. The molecule has 3 heterocycles. The van der Waals surface area contributed by atoms with Gasteiger partial charge in [0.15, 0.2) is 24.1 Å². The summed E-state index contributed by atoms with van der Waals surface area (Å²) in [7, 11) is 0. The monoisotopic (exact) mass is 285 g/mol. The van der Waals surface area contributed by atoms with Gasteiger partial charge >= 0.3 is 0 Å². The van der Waals surface area contributed by atoms with Crippen LogP contribution in [-0.4, -0.2) is 24.4 Å². The Morgan fingerprint density at radius 1 is 0.762 bits per heavy atom. The molecule has 21 heavy (non-hydrogen) atoms. The summed E-state index contributed by atoms with van der Waals surface area (Å²) < 4.78 is 10.3. The number of hydrogen-bond acceptors (Lipinski definition) is 6. The van der Waals surface area contributed by atoms with Crippen molar-refractivity contribution < 1.29 is 28.0 Å². The molecular weight excluding hydrogens is 278 g/mol. The SMILES string of the molecule is O=Cc1ccc(C2=C(c3ccc(C=O)o3)C(=O)NC2=O)o1. The summed E-state index contributed by atoms with van der Waals surface area (Å²) >= 11 is 0. The van der Waals surface area contributed by atoms with Gasteiger partial charge in [-0.2, -0.15) is 0 Å². The molecule has 1 aliphatic heterocycles. The molecule has 0 saturated heterocycles. The van der Waals surface area contributed by atoms with Crippen LogP contribution in [0, 0.1) is 0 Å². The second-order valence-corrected chi connectivity index (χ2v) is 4.17. The average Bonchev–Trinajstić information content (AvgIpc) is 3.16. The molecule has 1 N–H and O–H groups in total. The lowest BCUT2D eigenvalue weighted by molar-refractivity contribution is -0.122. The van der Waals surface area contributed by atoms with Crippen LogP contribution in [0.5, 0.6) is 0 Å². The standard InChI is InChI=1S/C14H7NO6/c16-5-7-1-3-9(20-7)11-12(14(19)15-13(11)18)10-4-2-8(6-17)21-10/h1-6H,(H,15,18,19). The van der Waals surface area contributed by atoms with Crippen molar-refractivity contribution in [3.8, 4) is 0 Å². The van der Waals surface area contributed by atoms with E-state index in [1.54, 1.807) is 0 Å². The second-order valence-electron chi connectivity index (χ2n) is 4.17. The average molecular weight is 285 g/mol. The molecule has 0 fully saturated rings. The summed E-state index contributed by atoms with van der Waals surface area (Å²) in [6.07, 6.45) is 0.964. The van der Waals surface area contributed by atoms with Crippen LogP contribution in [0.2, 0.25) is 0 Å². The van der Waals surface area contributed by atoms with Crippen molar-refractivity contribution in [1.29, 1.82) is 0 Å². The minimum absolute atomic E-state index is 0.0250. The van der Waals surface area contributed by atoms with Gasteiger partial charge in [-0.25, -0.2) is 0 Å². The van der Waals surface area contributed by atoms with E-state index in [0.717, 1.165) is 0 Å². The number of rotatable bonds is 4. The summed E-state index contributed by atoms with van der Waals surface area (Å²) in [5, 5.41) is 2.12. The first-order valence-corrected chi connectivity index (χ1v) is 5.84. The van der Waals surface area contributed by atoms with Gasteiger partial charge in [-0.05, 0) is 24.3 Å². The van der Waals surface area contributed by atoms with Crippen LogP contribution >= 0.6 is 0 Å². The molecule has 2 amide bonds. The molecular formula is C14H7NO6. The van der Waals surface area contributed by atoms with E-state index < -0.39 is 11.8 Å². The van der Waals surface area contributed by atoms with E-state index in [9.17, 15) is 19.2 Å². The van der Waals surface area contributed by atoms with Gasteiger partial charge in [-0.3, -0.25) is 24.5 Å². The quantitative estimate of drug-likeness (QED) is 0.665. The Morgan fingerprint density at radius 3 is 1.52 bits per heavy atom. The van der Waals surface area contributed by atoms with Crippen molar-refractivity contribution in [2.24, 2.45) is 0 Å². The summed E-state index contributed by atoms with van der Waals surface area (Å²) in [5.41, 5.74) is -0.0835. The van der Waals surface area contributed by atoms with Crippen LogP contribution in [0.4, 0.5) is 0 Å². The highest BCUT2D eigenvalue weighted by atomic mass is 16.4. The van der Waals surface area contributed by atoms with Crippen molar-refractivity contribution in [2.45, 2.75) is 0 Å². The lowest BCUT2D eigenvalue weighted by atomic mass is 10.1. The molecule has 0 aromatic carbocycles. The fourth-order valence-corrected chi connectivity index (χ4v) is 2.03. The number of imide groups is 1. The Hall–Kier alpha value is -3.22. The van der Waals surface area contributed by atoms with E-state index in [1.807, 2.05) is 0 Å². The predicted octanol–water partition coefficient (Wildman–Crippen LogP) is 1.06. The predicted molar refractivity (Wildman–Crippen MR) is 68.2 cm³/mol. The first kappa shape index (κ1) is 12.8. The zero-order valence-electron chi connectivity index (χ0n) is 10.4. The van der Waals surface area contributed by atoms with Crippen LogP contribution < -0.4 is 5.32 Å². The highest BCUT2D eigenvalue weighted by molar-refractivity contribution is 6.48. The molecule has 2 aromatic rings. The molecule has 7 nitrogen and oxygen atoms in total. The third kappa shape index (κ3) is 2.00. The van der Waals surface area contributed by atoms with Crippen molar-refractivity contribution in [2.75, 3.05) is 0 Å². The zero-order chi connectivity index (χ0) is 15.0. The number of aldehydes is 2. The lowest BCUT2D eigenvalue weighted by Crippen LogP contribution is -2.22. The first-order chi connectivity index (χ1) is 10.1. The maximum Gasteiger partial charge on any atom is 0.262 e. The molecule has 3 rings (SSSR count). The largest absolute Gasteiger partial charge is 0.453 e. The smallest absolute Gasteiger partial charge is 0.262 e. The molecule has 104 valence electrons. The Labute approximate surface area is 117 Å². The summed E-state index contributed by atoms with van der Waals surface area (Å²) in [4.78, 5) is 45.1. The third-order valence-electron chi connectivity index (χ3n) is 2.91. The third-order valence-corrected chi connectivity index (χ3v) is 2.91. The van der Waals surface area contributed by atoms with Crippen LogP contribution in [0.15, 0.2) is 33.1 Å². The number of nitrogens with one attached hydrogen (secondary N) is 1. The minimum Gasteiger partial charge on any atom is -0.453 e. The molecule has 0 atom stereocenters.